The van der Waals surface area contributed by atoms with Gasteiger partial charge in [-0.25, -0.2) is 4.68 Å². The van der Waals surface area contributed by atoms with Gasteiger partial charge in [0.2, 0.25) is 0 Å². The van der Waals surface area contributed by atoms with E-state index in [-0.39, 0.29) is 12.5 Å². The predicted molar refractivity (Wildman–Crippen MR) is 92.4 cm³/mol. The lowest BCUT2D eigenvalue weighted by Crippen LogP contribution is -2.20. The van der Waals surface area contributed by atoms with Crippen LogP contribution in [0, 0.1) is 3.57 Å². The topological polar surface area (TPSA) is 81.9 Å². The van der Waals surface area contributed by atoms with Crippen molar-refractivity contribution in [3.8, 4) is 11.4 Å². The summed E-state index contributed by atoms with van der Waals surface area (Å²) in [7, 11) is 0. The maximum atomic E-state index is 11.9. The van der Waals surface area contributed by atoms with E-state index in [1.165, 1.54) is 11.0 Å². The molecule has 0 aliphatic carbocycles. The largest absolute Gasteiger partial charge is 0.484 e. The molecule has 3 rings (SSSR count). The molecule has 0 saturated carbocycles. The molecule has 0 unspecified atom stereocenters. The molecule has 23 heavy (non-hydrogen) atoms. The number of hydrogen-bond acceptors (Lipinski definition) is 5. The first-order chi connectivity index (χ1) is 11.2. The number of halogens is 1. The minimum absolute atomic E-state index is 0.0598. The fraction of sp³-hybridized carbons (Fsp3) is 0.0667. The van der Waals surface area contributed by atoms with E-state index in [0.717, 1.165) is 14.9 Å². The number of anilines is 1. The van der Waals surface area contributed by atoms with Gasteiger partial charge in [-0.3, -0.25) is 4.79 Å². The van der Waals surface area contributed by atoms with Gasteiger partial charge < -0.3 is 10.1 Å². The summed E-state index contributed by atoms with van der Waals surface area (Å²) >= 11 is 2.19. The van der Waals surface area contributed by atoms with Crippen molar-refractivity contribution >= 4 is 34.2 Å². The molecule has 0 aliphatic heterocycles. The zero-order valence-corrected chi connectivity index (χ0v) is 14.0. The van der Waals surface area contributed by atoms with Crippen molar-refractivity contribution in [1.29, 1.82) is 0 Å². The van der Waals surface area contributed by atoms with Crippen LogP contribution in [0.1, 0.15) is 0 Å². The quantitative estimate of drug-likeness (QED) is 0.640. The fourth-order valence-corrected chi connectivity index (χ4v) is 2.43. The SMILES string of the molecule is O=C(COc1ccc(-n2cnnn2)cc1)Nc1cccc(I)c1. The number of nitrogens with zero attached hydrogens (tertiary/aromatic N) is 4. The summed E-state index contributed by atoms with van der Waals surface area (Å²) in [5, 5.41) is 13.7. The Morgan fingerprint density at radius 1 is 1.22 bits per heavy atom. The molecule has 1 N–H and O–H groups in total. The van der Waals surface area contributed by atoms with Gasteiger partial charge in [0, 0.05) is 9.26 Å². The van der Waals surface area contributed by atoms with Crippen LogP contribution in [0.4, 0.5) is 5.69 Å². The van der Waals surface area contributed by atoms with Crippen molar-refractivity contribution < 1.29 is 9.53 Å². The normalized spacial score (nSPS) is 10.3. The molecule has 1 heterocycles. The second kappa shape index (κ2) is 7.18. The van der Waals surface area contributed by atoms with E-state index in [0.29, 0.717) is 5.75 Å². The Balaban J connectivity index is 1.54. The number of rotatable bonds is 5. The first-order valence-corrected chi connectivity index (χ1v) is 7.80. The van der Waals surface area contributed by atoms with Crippen molar-refractivity contribution in [3.63, 3.8) is 0 Å². The summed E-state index contributed by atoms with van der Waals surface area (Å²) in [6, 6.07) is 14.7. The van der Waals surface area contributed by atoms with E-state index >= 15 is 0 Å². The molecule has 0 bridgehead atoms. The van der Waals surface area contributed by atoms with Gasteiger partial charge in [-0.1, -0.05) is 6.07 Å². The minimum atomic E-state index is -0.212. The average molecular weight is 421 g/mol. The van der Waals surface area contributed by atoms with Gasteiger partial charge in [-0.05, 0) is 75.5 Å². The molecule has 0 radical (unpaired) electrons. The zero-order valence-electron chi connectivity index (χ0n) is 11.9. The van der Waals surface area contributed by atoms with Crippen LogP contribution >= 0.6 is 22.6 Å². The lowest BCUT2D eigenvalue weighted by Gasteiger charge is -2.08. The maximum absolute atomic E-state index is 11.9. The van der Waals surface area contributed by atoms with Crippen molar-refractivity contribution in [3.05, 3.63) is 58.4 Å². The monoisotopic (exact) mass is 421 g/mol. The zero-order chi connectivity index (χ0) is 16.1. The second-order valence-corrected chi connectivity index (χ2v) is 5.84. The Morgan fingerprint density at radius 2 is 2.04 bits per heavy atom. The second-order valence-electron chi connectivity index (χ2n) is 4.60. The highest BCUT2D eigenvalue weighted by molar-refractivity contribution is 14.1. The van der Waals surface area contributed by atoms with Crippen LogP contribution in [0.2, 0.25) is 0 Å². The van der Waals surface area contributed by atoms with Crippen LogP contribution < -0.4 is 10.1 Å². The van der Waals surface area contributed by atoms with Gasteiger partial charge >= 0.3 is 0 Å². The van der Waals surface area contributed by atoms with Crippen molar-refractivity contribution in [1.82, 2.24) is 20.2 Å². The lowest BCUT2D eigenvalue weighted by molar-refractivity contribution is -0.118. The molecule has 3 aromatic rings. The van der Waals surface area contributed by atoms with Crippen molar-refractivity contribution in [2.75, 3.05) is 11.9 Å². The van der Waals surface area contributed by atoms with E-state index in [1.807, 2.05) is 36.4 Å². The molecule has 1 amide bonds. The summed E-state index contributed by atoms with van der Waals surface area (Å²) < 4.78 is 8.06. The molecule has 0 saturated heterocycles. The number of benzene rings is 2. The summed E-state index contributed by atoms with van der Waals surface area (Å²) in [4.78, 5) is 11.9. The molecule has 0 fully saturated rings. The highest BCUT2D eigenvalue weighted by Crippen LogP contribution is 2.15. The Kier molecular flexibility index (Phi) is 4.81. The molecule has 116 valence electrons. The summed E-state index contributed by atoms with van der Waals surface area (Å²) in [6.45, 7) is -0.0598. The molecule has 1 aromatic heterocycles. The minimum Gasteiger partial charge on any atom is -0.484 e. The summed E-state index contributed by atoms with van der Waals surface area (Å²) in [6.07, 6.45) is 1.50. The maximum Gasteiger partial charge on any atom is 0.262 e. The summed E-state index contributed by atoms with van der Waals surface area (Å²) in [5.41, 5.74) is 1.56. The molecule has 0 aliphatic rings. The highest BCUT2D eigenvalue weighted by Gasteiger charge is 2.05. The average Bonchev–Trinajstić information content (AvgIpc) is 3.08. The van der Waals surface area contributed by atoms with Crippen LogP contribution in [0.5, 0.6) is 5.75 Å². The number of nitrogens with one attached hydrogen (secondary N) is 1. The van der Waals surface area contributed by atoms with Crippen LogP contribution in [-0.2, 0) is 4.79 Å². The summed E-state index contributed by atoms with van der Waals surface area (Å²) in [5.74, 6) is 0.385. The molecule has 7 nitrogen and oxygen atoms in total. The Labute approximate surface area is 145 Å². The highest BCUT2D eigenvalue weighted by atomic mass is 127. The first kappa shape index (κ1) is 15.4. The lowest BCUT2D eigenvalue weighted by atomic mass is 10.3. The Morgan fingerprint density at radius 3 is 2.74 bits per heavy atom. The third kappa shape index (κ3) is 4.25. The number of aromatic nitrogens is 4. The van der Waals surface area contributed by atoms with Crippen molar-refractivity contribution in [2.24, 2.45) is 0 Å². The number of ether oxygens (including phenoxy) is 1. The van der Waals surface area contributed by atoms with E-state index < -0.39 is 0 Å². The van der Waals surface area contributed by atoms with E-state index in [4.69, 9.17) is 4.74 Å². The third-order valence-corrected chi connectivity index (χ3v) is 3.60. The fourth-order valence-electron chi connectivity index (χ4n) is 1.89. The molecule has 8 heteroatoms. The van der Waals surface area contributed by atoms with Gasteiger partial charge in [0.15, 0.2) is 6.61 Å². The van der Waals surface area contributed by atoms with Gasteiger partial charge in [-0.15, -0.1) is 5.10 Å². The van der Waals surface area contributed by atoms with Crippen LogP contribution in [0.3, 0.4) is 0 Å². The molecular formula is C15H12IN5O2. The predicted octanol–water partition coefficient (Wildman–Crippen LogP) is 2.28. The number of tetrazole rings is 1. The van der Waals surface area contributed by atoms with E-state index in [2.05, 4.69) is 43.4 Å². The van der Waals surface area contributed by atoms with Gasteiger partial charge in [0.1, 0.15) is 12.1 Å². The van der Waals surface area contributed by atoms with Gasteiger partial charge in [0.05, 0.1) is 5.69 Å². The molecule has 0 spiro atoms. The van der Waals surface area contributed by atoms with Crippen molar-refractivity contribution in [2.45, 2.75) is 0 Å². The Hall–Kier alpha value is -2.49. The standard InChI is InChI=1S/C15H12IN5O2/c16-11-2-1-3-12(8-11)18-15(22)9-23-14-6-4-13(5-7-14)21-10-17-19-20-21/h1-8,10H,9H2,(H,18,22). The van der Waals surface area contributed by atoms with Gasteiger partial charge in [0.25, 0.3) is 5.91 Å². The number of hydrogen-bond donors (Lipinski definition) is 1. The number of carbonyl (C=O) groups excluding carboxylic acids is 1. The van der Waals surface area contributed by atoms with Crippen LogP contribution in [0.15, 0.2) is 54.9 Å². The smallest absolute Gasteiger partial charge is 0.262 e. The molecular weight excluding hydrogens is 409 g/mol. The van der Waals surface area contributed by atoms with Gasteiger partial charge in [-0.2, -0.15) is 0 Å². The van der Waals surface area contributed by atoms with E-state index in [9.17, 15) is 4.79 Å². The Bertz CT molecular complexity index is 790. The van der Waals surface area contributed by atoms with Crippen LogP contribution in [-0.4, -0.2) is 32.7 Å². The number of carbonyl (C=O) groups is 1. The first-order valence-electron chi connectivity index (χ1n) is 6.72. The van der Waals surface area contributed by atoms with E-state index in [1.54, 1.807) is 12.1 Å². The van der Waals surface area contributed by atoms with Crippen LogP contribution in [0.25, 0.3) is 5.69 Å². The third-order valence-electron chi connectivity index (χ3n) is 2.93. The molecule has 0 atom stereocenters. The number of amides is 1. The molecule has 2 aromatic carbocycles.